The maximum Gasteiger partial charge on any atom is 0.401 e. The highest BCUT2D eigenvalue weighted by Gasteiger charge is 2.41. The number of carboxylic acids is 1. The summed E-state index contributed by atoms with van der Waals surface area (Å²) in [5, 5.41) is 12.8. The van der Waals surface area contributed by atoms with Gasteiger partial charge in [-0.3, -0.25) is 24.2 Å². The van der Waals surface area contributed by atoms with Crippen LogP contribution in [-0.4, -0.2) is 112 Å². The zero-order chi connectivity index (χ0) is 36.4. The number of hydrogen-bond acceptors (Lipinski definition) is 6. The van der Waals surface area contributed by atoms with Crippen LogP contribution >= 0.6 is 11.6 Å². The molecule has 0 bridgehead atoms. The monoisotopic (exact) mass is 735 g/mol. The van der Waals surface area contributed by atoms with Gasteiger partial charge < -0.3 is 24.6 Å². The van der Waals surface area contributed by atoms with E-state index in [2.05, 4.69) is 10.2 Å². The molecule has 2 aliphatic heterocycles. The predicted molar refractivity (Wildman–Crippen MR) is 183 cm³/mol. The smallest absolute Gasteiger partial charge is 0.401 e. The fraction of sp³-hybridized carbons (Fsp3) is 0.528. The Morgan fingerprint density at radius 3 is 2.43 bits per heavy atom. The molecular weight excluding hydrogens is 694 g/mol. The molecule has 3 fully saturated rings. The van der Waals surface area contributed by atoms with Gasteiger partial charge in [0.05, 0.1) is 53.9 Å². The Morgan fingerprint density at radius 2 is 1.75 bits per heavy atom. The summed E-state index contributed by atoms with van der Waals surface area (Å²) in [6.45, 7) is 0.914. The van der Waals surface area contributed by atoms with Crippen molar-refractivity contribution in [1.82, 2.24) is 19.3 Å². The van der Waals surface area contributed by atoms with Crippen molar-refractivity contribution in [3.63, 3.8) is 0 Å². The Kier molecular flexibility index (Phi) is 11.2. The van der Waals surface area contributed by atoms with Crippen LogP contribution in [0.25, 0.3) is 10.9 Å². The summed E-state index contributed by atoms with van der Waals surface area (Å²) in [7, 11) is 1.82. The van der Waals surface area contributed by atoms with Crippen LogP contribution in [0.1, 0.15) is 48.0 Å². The van der Waals surface area contributed by atoms with Crippen molar-refractivity contribution in [3.05, 3.63) is 64.6 Å². The summed E-state index contributed by atoms with van der Waals surface area (Å²) >= 11 is 6.52. The molecule has 15 heteroatoms. The van der Waals surface area contributed by atoms with Crippen molar-refractivity contribution < 1.29 is 41.8 Å². The molecule has 3 heterocycles. The van der Waals surface area contributed by atoms with Crippen LogP contribution in [0.2, 0.25) is 5.02 Å². The third-order valence-corrected chi connectivity index (χ3v) is 10.8. The molecule has 0 spiro atoms. The first-order valence-electron chi connectivity index (χ1n) is 17.3. The number of carbonyl (C=O) groups is 3. The van der Waals surface area contributed by atoms with Crippen molar-refractivity contribution in [1.29, 1.82) is 0 Å². The minimum absolute atomic E-state index is 0.0593. The molecule has 2 amide bonds. The van der Waals surface area contributed by atoms with Gasteiger partial charge in [-0.25, -0.2) is 4.39 Å². The molecule has 1 saturated carbocycles. The number of halogens is 5. The number of nitrogens with one attached hydrogen (secondary N) is 1. The molecule has 276 valence electrons. The third-order valence-electron chi connectivity index (χ3n) is 10.5. The summed E-state index contributed by atoms with van der Waals surface area (Å²) in [5.41, 5.74) is 1.38. The van der Waals surface area contributed by atoms with Crippen LogP contribution in [0, 0.1) is 11.7 Å². The van der Waals surface area contributed by atoms with E-state index < -0.39 is 36.3 Å². The first kappa shape index (κ1) is 37.1. The Hall–Kier alpha value is -3.72. The number of aryl methyl sites for hydroxylation is 1. The number of likely N-dealkylation sites (tertiary alicyclic amines) is 1. The second kappa shape index (κ2) is 15.5. The zero-order valence-electron chi connectivity index (χ0n) is 28.3. The lowest BCUT2D eigenvalue weighted by Crippen LogP contribution is -2.52. The number of anilines is 1. The fourth-order valence-electron chi connectivity index (χ4n) is 7.68. The van der Waals surface area contributed by atoms with E-state index in [4.69, 9.17) is 16.3 Å². The number of piperazine rings is 1. The van der Waals surface area contributed by atoms with E-state index in [1.807, 2.05) is 35.9 Å². The lowest BCUT2D eigenvalue weighted by atomic mass is 9.87. The summed E-state index contributed by atoms with van der Waals surface area (Å²) < 4.78 is 62.5. The molecule has 2 saturated heterocycles. The van der Waals surface area contributed by atoms with Gasteiger partial charge in [-0.05, 0) is 55.9 Å². The zero-order valence-corrected chi connectivity index (χ0v) is 29.1. The van der Waals surface area contributed by atoms with E-state index in [0.29, 0.717) is 57.3 Å². The van der Waals surface area contributed by atoms with Crippen molar-refractivity contribution in [2.75, 3.05) is 51.2 Å². The highest BCUT2D eigenvalue weighted by molar-refractivity contribution is 6.34. The summed E-state index contributed by atoms with van der Waals surface area (Å²) in [4.78, 5) is 43.6. The lowest BCUT2D eigenvalue weighted by Gasteiger charge is -2.38. The van der Waals surface area contributed by atoms with E-state index >= 15 is 4.39 Å². The molecule has 3 aliphatic rings. The van der Waals surface area contributed by atoms with Gasteiger partial charge in [0, 0.05) is 62.9 Å². The van der Waals surface area contributed by atoms with Crippen LogP contribution in [0.3, 0.4) is 0 Å². The average molecular weight is 736 g/mol. The van der Waals surface area contributed by atoms with Crippen molar-refractivity contribution >= 4 is 46.0 Å². The highest BCUT2D eigenvalue weighted by atomic mass is 35.5. The standard InChI is InChI=1S/C36H42ClF4N5O5/c1-43-19-28(27-4-2-3-5-32(27)43)34(48)42-31-17-30(38)23(14-29(31)37)15-33(47)46-18-24(45-12-10-44(11-13-45)21-36(39,40)41)16-25(46)20-51-26-8-6-22(7-9-26)35(49)50/h2-5,14,17,19,22,24-26H,6-13,15-16,18,20-21H2,1H3,(H,42,48)(H,49,50)/t22?,24-,25-,26?/m0/s1. The molecule has 0 unspecified atom stereocenters. The molecule has 6 rings (SSSR count). The number of hydrogen-bond donors (Lipinski definition) is 2. The molecule has 2 aromatic carbocycles. The maximum atomic E-state index is 15.5. The van der Waals surface area contributed by atoms with Gasteiger partial charge in [-0.1, -0.05) is 29.8 Å². The van der Waals surface area contributed by atoms with Gasteiger partial charge in [0.15, 0.2) is 0 Å². The Labute approximate surface area is 298 Å². The lowest BCUT2D eigenvalue weighted by molar-refractivity contribution is -0.150. The van der Waals surface area contributed by atoms with Gasteiger partial charge in [0.2, 0.25) is 5.91 Å². The molecule has 0 radical (unpaired) electrons. The Bertz CT molecular complexity index is 1750. The highest BCUT2D eigenvalue weighted by Crippen LogP contribution is 2.32. The van der Waals surface area contributed by atoms with Gasteiger partial charge in [-0.2, -0.15) is 13.2 Å². The van der Waals surface area contributed by atoms with E-state index in [0.717, 1.165) is 17.0 Å². The number of benzene rings is 2. The van der Waals surface area contributed by atoms with E-state index in [1.54, 1.807) is 11.1 Å². The minimum atomic E-state index is -4.27. The Morgan fingerprint density at radius 1 is 1.04 bits per heavy atom. The number of aromatic nitrogens is 1. The molecule has 51 heavy (non-hydrogen) atoms. The molecule has 10 nitrogen and oxygen atoms in total. The van der Waals surface area contributed by atoms with Gasteiger partial charge in [0.25, 0.3) is 5.91 Å². The van der Waals surface area contributed by atoms with Crippen LogP contribution in [0.4, 0.5) is 23.2 Å². The van der Waals surface area contributed by atoms with Gasteiger partial charge in [-0.15, -0.1) is 0 Å². The first-order chi connectivity index (χ1) is 24.3. The van der Waals surface area contributed by atoms with Crippen LogP contribution in [0.15, 0.2) is 42.6 Å². The fourth-order valence-corrected chi connectivity index (χ4v) is 7.91. The van der Waals surface area contributed by atoms with Crippen molar-refractivity contribution in [3.8, 4) is 0 Å². The number of nitrogens with zero attached hydrogens (tertiary/aromatic N) is 4. The molecule has 2 N–H and O–H groups in total. The molecule has 2 atom stereocenters. The normalized spacial score (nSPS) is 23.5. The number of carbonyl (C=O) groups excluding carboxylic acids is 2. The van der Waals surface area contributed by atoms with Gasteiger partial charge in [0.1, 0.15) is 5.82 Å². The Balaban J connectivity index is 1.12. The number of fused-ring (bicyclic) bond motifs is 1. The predicted octanol–water partition coefficient (Wildman–Crippen LogP) is 5.58. The first-order valence-corrected chi connectivity index (χ1v) is 17.6. The largest absolute Gasteiger partial charge is 0.481 e. The van der Waals surface area contributed by atoms with Crippen molar-refractivity contribution in [2.45, 2.75) is 62.9 Å². The quantitative estimate of drug-likeness (QED) is 0.262. The molecule has 3 aromatic rings. The van der Waals surface area contributed by atoms with Crippen LogP contribution < -0.4 is 5.32 Å². The molecular formula is C36H42ClF4N5O5. The van der Waals surface area contributed by atoms with Crippen molar-refractivity contribution in [2.24, 2.45) is 13.0 Å². The molecule has 1 aliphatic carbocycles. The maximum absolute atomic E-state index is 15.5. The number of alkyl halides is 3. The topological polar surface area (TPSA) is 107 Å². The third kappa shape index (κ3) is 8.85. The molecule has 1 aromatic heterocycles. The van der Waals surface area contributed by atoms with E-state index in [-0.39, 0.29) is 66.5 Å². The number of para-hydroxylation sites is 1. The second-order valence-electron chi connectivity index (χ2n) is 13.9. The summed E-state index contributed by atoms with van der Waals surface area (Å²) in [6.07, 6.45) is -0.283. The minimum Gasteiger partial charge on any atom is -0.481 e. The number of carboxylic acid groups (broad SMARTS) is 1. The SMILES string of the molecule is Cn1cc(C(=O)Nc2cc(F)c(CC(=O)N3C[C@@H](N4CCN(CC(F)(F)F)CC4)C[C@H]3COC3CCC(C(=O)O)CC3)cc2Cl)c2ccccc21. The second-order valence-corrected chi connectivity index (χ2v) is 14.3. The van der Waals surface area contributed by atoms with Gasteiger partial charge >= 0.3 is 12.1 Å². The average Bonchev–Trinajstić information content (AvgIpc) is 3.67. The number of ether oxygens (including phenoxy) is 1. The summed E-state index contributed by atoms with van der Waals surface area (Å²) in [6, 6.07) is 9.37. The van der Waals surface area contributed by atoms with E-state index in [1.165, 1.54) is 11.0 Å². The number of aliphatic carboxylic acids is 1. The number of rotatable bonds is 10. The summed E-state index contributed by atoms with van der Waals surface area (Å²) in [5.74, 6) is -2.72. The van der Waals surface area contributed by atoms with Crippen LogP contribution in [0.5, 0.6) is 0 Å². The van der Waals surface area contributed by atoms with Crippen LogP contribution in [-0.2, 0) is 27.8 Å². The van der Waals surface area contributed by atoms with E-state index in [9.17, 15) is 32.7 Å². The number of amides is 2.